The quantitative estimate of drug-likeness (QED) is 0.758. The van der Waals surface area contributed by atoms with Gasteiger partial charge in [-0.3, -0.25) is 14.4 Å². The first-order valence-electron chi connectivity index (χ1n) is 9.40. The van der Waals surface area contributed by atoms with Crippen LogP contribution >= 0.6 is 0 Å². The van der Waals surface area contributed by atoms with E-state index in [2.05, 4.69) is 4.98 Å². The number of aliphatic carboxylic acids is 1. The summed E-state index contributed by atoms with van der Waals surface area (Å²) in [5.41, 5.74) is 0.376. The van der Waals surface area contributed by atoms with E-state index < -0.39 is 11.9 Å². The van der Waals surface area contributed by atoms with Crippen LogP contribution in [0.25, 0.3) is 0 Å². The molecule has 9 heteroatoms. The zero-order valence-corrected chi connectivity index (χ0v) is 15.9. The molecule has 2 aliphatic heterocycles. The molecule has 0 aliphatic carbocycles. The van der Waals surface area contributed by atoms with Gasteiger partial charge in [0, 0.05) is 44.4 Å². The molecule has 3 heterocycles. The lowest BCUT2D eigenvalue weighted by Crippen LogP contribution is -2.46. The van der Waals surface area contributed by atoms with E-state index in [9.17, 15) is 14.4 Å². The molecule has 152 valence electrons. The molecule has 28 heavy (non-hydrogen) atoms. The van der Waals surface area contributed by atoms with E-state index >= 15 is 0 Å². The summed E-state index contributed by atoms with van der Waals surface area (Å²) in [6.45, 7) is 1.74. The van der Waals surface area contributed by atoms with Crippen LogP contribution < -0.4 is 4.74 Å². The van der Waals surface area contributed by atoms with Crippen molar-refractivity contribution in [1.82, 2.24) is 14.8 Å². The van der Waals surface area contributed by atoms with Gasteiger partial charge in [-0.15, -0.1) is 0 Å². The molecule has 2 atom stereocenters. The van der Waals surface area contributed by atoms with Crippen LogP contribution in [0.2, 0.25) is 0 Å². The highest BCUT2D eigenvalue weighted by molar-refractivity contribution is 5.96. The van der Waals surface area contributed by atoms with Gasteiger partial charge < -0.3 is 24.4 Å². The Morgan fingerprint density at radius 1 is 1.39 bits per heavy atom. The maximum atomic E-state index is 12.7. The molecule has 0 aromatic carbocycles. The molecule has 1 aromatic heterocycles. The number of carboxylic acids is 1. The summed E-state index contributed by atoms with van der Waals surface area (Å²) in [6.07, 6.45) is 3.42. The second-order valence-electron chi connectivity index (χ2n) is 7.16. The van der Waals surface area contributed by atoms with Crippen molar-refractivity contribution in [2.45, 2.75) is 25.4 Å². The fraction of sp³-hybridized carbons (Fsp3) is 0.579. The van der Waals surface area contributed by atoms with Gasteiger partial charge in [0.1, 0.15) is 6.10 Å². The zero-order chi connectivity index (χ0) is 20.1. The second-order valence-corrected chi connectivity index (χ2v) is 7.16. The Labute approximate surface area is 163 Å². The van der Waals surface area contributed by atoms with Gasteiger partial charge in [0.2, 0.25) is 11.8 Å². The van der Waals surface area contributed by atoms with Crippen LogP contribution in [-0.2, 0) is 14.3 Å². The van der Waals surface area contributed by atoms with E-state index in [1.54, 1.807) is 19.2 Å². The normalized spacial score (nSPS) is 22.0. The predicted octanol–water partition coefficient (Wildman–Crippen LogP) is 0.645. The molecule has 2 unspecified atom stereocenters. The lowest BCUT2D eigenvalue weighted by molar-refractivity contribution is -0.145. The Hall–Kier alpha value is -2.68. The number of carbonyl (C=O) groups is 3. The van der Waals surface area contributed by atoms with Gasteiger partial charge in [-0.25, -0.2) is 4.98 Å². The molecule has 2 fully saturated rings. The Morgan fingerprint density at radius 2 is 2.21 bits per heavy atom. The summed E-state index contributed by atoms with van der Waals surface area (Å²) >= 11 is 0. The van der Waals surface area contributed by atoms with Crippen LogP contribution in [0.5, 0.6) is 5.88 Å². The van der Waals surface area contributed by atoms with Gasteiger partial charge in [0.05, 0.1) is 25.7 Å². The molecule has 2 aliphatic rings. The van der Waals surface area contributed by atoms with Crippen molar-refractivity contribution in [3.8, 4) is 5.88 Å². The fourth-order valence-electron chi connectivity index (χ4n) is 3.38. The van der Waals surface area contributed by atoms with E-state index in [1.165, 1.54) is 16.0 Å². The number of pyridine rings is 1. The highest BCUT2D eigenvalue weighted by atomic mass is 16.5. The van der Waals surface area contributed by atoms with Crippen LogP contribution in [0.15, 0.2) is 18.3 Å². The number of likely N-dealkylation sites (tertiary alicyclic amines) is 1. The molecule has 0 spiro atoms. The Bertz CT molecular complexity index is 734. The number of carboxylic acid groups (broad SMARTS) is 1. The van der Waals surface area contributed by atoms with E-state index in [-0.39, 0.29) is 31.0 Å². The lowest BCUT2D eigenvalue weighted by Gasteiger charge is -2.32. The van der Waals surface area contributed by atoms with Crippen LogP contribution in [0.4, 0.5) is 0 Å². The van der Waals surface area contributed by atoms with Crippen LogP contribution in [0.1, 0.15) is 29.6 Å². The zero-order valence-electron chi connectivity index (χ0n) is 15.9. The largest absolute Gasteiger partial charge is 0.481 e. The highest BCUT2D eigenvalue weighted by Gasteiger charge is 2.29. The summed E-state index contributed by atoms with van der Waals surface area (Å²) < 4.78 is 11.0. The summed E-state index contributed by atoms with van der Waals surface area (Å²) in [4.78, 5) is 43.3. The number of hydrogen-bond acceptors (Lipinski definition) is 6. The summed E-state index contributed by atoms with van der Waals surface area (Å²) in [7, 11) is 1.55. The predicted molar refractivity (Wildman–Crippen MR) is 98.0 cm³/mol. The number of ether oxygens (including phenoxy) is 2. The smallest absolute Gasteiger partial charge is 0.308 e. The number of rotatable bonds is 6. The minimum atomic E-state index is -0.890. The Balaban J connectivity index is 1.57. The fourth-order valence-corrected chi connectivity index (χ4v) is 3.38. The topological polar surface area (TPSA) is 109 Å². The summed E-state index contributed by atoms with van der Waals surface area (Å²) in [5, 5.41) is 9.16. The number of hydrogen-bond donors (Lipinski definition) is 1. The first kappa shape index (κ1) is 20.1. The van der Waals surface area contributed by atoms with Crippen molar-refractivity contribution in [2.24, 2.45) is 5.92 Å². The van der Waals surface area contributed by atoms with E-state index in [1.807, 2.05) is 0 Å². The van der Waals surface area contributed by atoms with Crippen LogP contribution in [-0.4, -0.2) is 83.7 Å². The number of amides is 2. The van der Waals surface area contributed by atoms with Gasteiger partial charge in [-0.2, -0.15) is 0 Å². The van der Waals surface area contributed by atoms with E-state index in [0.717, 1.165) is 6.42 Å². The molecule has 2 amide bonds. The van der Waals surface area contributed by atoms with Crippen LogP contribution in [0, 0.1) is 5.92 Å². The number of carbonyl (C=O) groups excluding carboxylic acids is 2. The maximum absolute atomic E-state index is 12.7. The number of aromatic nitrogens is 1. The van der Waals surface area contributed by atoms with Crippen molar-refractivity contribution in [3.63, 3.8) is 0 Å². The summed E-state index contributed by atoms with van der Waals surface area (Å²) in [5.74, 6) is -1.66. The standard InChI is InChI=1S/C19H25N3O6/c1-21(11-17(23)22-7-2-3-14(10-22)19(25)26)18(24)13-4-6-20-16(9-13)28-15-5-8-27-12-15/h4,6,9,14-15H,2-3,5,7-8,10-12H2,1H3,(H,25,26). The summed E-state index contributed by atoms with van der Waals surface area (Å²) in [6, 6.07) is 3.13. The average Bonchev–Trinajstić information content (AvgIpc) is 3.20. The number of piperidine rings is 1. The van der Waals surface area contributed by atoms with Gasteiger partial charge in [-0.05, 0) is 18.9 Å². The van der Waals surface area contributed by atoms with Gasteiger partial charge in [0.15, 0.2) is 0 Å². The molecular formula is C19H25N3O6. The molecule has 1 aromatic rings. The molecule has 2 saturated heterocycles. The Kier molecular flexibility index (Phi) is 6.45. The van der Waals surface area contributed by atoms with Crippen molar-refractivity contribution in [1.29, 1.82) is 0 Å². The van der Waals surface area contributed by atoms with Crippen molar-refractivity contribution >= 4 is 17.8 Å². The third kappa shape index (κ3) is 4.98. The minimum Gasteiger partial charge on any atom is -0.481 e. The lowest BCUT2D eigenvalue weighted by atomic mass is 9.98. The first-order valence-corrected chi connectivity index (χ1v) is 9.40. The molecule has 1 N–H and O–H groups in total. The third-order valence-corrected chi connectivity index (χ3v) is 5.00. The molecule has 3 rings (SSSR count). The van der Waals surface area contributed by atoms with Gasteiger partial charge in [-0.1, -0.05) is 0 Å². The monoisotopic (exact) mass is 391 g/mol. The molecular weight excluding hydrogens is 366 g/mol. The maximum Gasteiger partial charge on any atom is 0.308 e. The van der Waals surface area contributed by atoms with Crippen molar-refractivity contribution in [2.75, 3.05) is 39.9 Å². The van der Waals surface area contributed by atoms with E-state index in [0.29, 0.717) is 44.0 Å². The minimum absolute atomic E-state index is 0.0709. The van der Waals surface area contributed by atoms with Gasteiger partial charge in [0.25, 0.3) is 5.91 Å². The molecule has 9 nitrogen and oxygen atoms in total. The van der Waals surface area contributed by atoms with Crippen LogP contribution in [0.3, 0.4) is 0 Å². The SMILES string of the molecule is CN(CC(=O)N1CCCC(C(=O)O)C1)C(=O)c1ccnc(OC2CCOC2)c1. The average molecular weight is 391 g/mol. The number of likely N-dealkylation sites (N-methyl/N-ethyl adjacent to an activating group) is 1. The Morgan fingerprint density at radius 3 is 2.93 bits per heavy atom. The molecule has 0 bridgehead atoms. The first-order chi connectivity index (χ1) is 13.4. The highest BCUT2D eigenvalue weighted by Crippen LogP contribution is 2.18. The van der Waals surface area contributed by atoms with E-state index in [4.69, 9.17) is 14.6 Å². The van der Waals surface area contributed by atoms with Crippen molar-refractivity contribution in [3.05, 3.63) is 23.9 Å². The van der Waals surface area contributed by atoms with Crippen molar-refractivity contribution < 1.29 is 29.0 Å². The molecule has 0 saturated carbocycles. The third-order valence-electron chi connectivity index (χ3n) is 5.00. The molecule has 0 radical (unpaired) electrons. The number of nitrogens with zero attached hydrogens (tertiary/aromatic N) is 3. The van der Waals surface area contributed by atoms with Gasteiger partial charge >= 0.3 is 5.97 Å². The second kappa shape index (κ2) is 9.01.